The molecule has 0 amide bonds. The van der Waals surface area contributed by atoms with E-state index < -0.39 is 0 Å². The Kier molecular flexibility index (Phi) is 4.62. The van der Waals surface area contributed by atoms with E-state index in [0.29, 0.717) is 5.92 Å². The number of rotatable bonds is 5. The first kappa shape index (κ1) is 12.3. The number of hydrogen-bond donors (Lipinski definition) is 1. The fraction of sp³-hybridized carbons (Fsp3) is 0.538. The Morgan fingerprint density at radius 3 is 3.06 bits per heavy atom. The van der Waals surface area contributed by atoms with Gasteiger partial charge in [0.1, 0.15) is 0 Å². The average Bonchev–Trinajstić information content (AvgIpc) is 2.71. The van der Waals surface area contributed by atoms with Crippen LogP contribution in [0, 0.1) is 5.92 Å². The van der Waals surface area contributed by atoms with E-state index in [1.54, 1.807) is 0 Å². The largest absolute Gasteiger partial charge is 0.330 e. The lowest BCUT2D eigenvalue weighted by Gasteiger charge is -2.10. The van der Waals surface area contributed by atoms with Crippen LogP contribution in [-0.2, 0) is 6.42 Å². The van der Waals surface area contributed by atoms with Crippen LogP contribution in [0.25, 0.3) is 0 Å². The molecule has 2 unspecified atom stereocenters. The highest BCUT2D eigenvalue weighted by molar-refractivity contribution is 8.03. The first-order valence-corrected chi connectivity index (χ1v) is 7.85. The maximum Gasteiger partial charge on any atom is 0.0226 e. The highest BCUT2D eigenvalue weighted by atomic mass is 32.2. The summed E-state index contributed by atoms with van der Waals surface area (Å²) in [6.45, 7) is 3.04. The van der Waals surface area contributed by atoms with Gasteiger partial charge in [-0.15, -0.1) is 11.8 Å². The van der Waals surface area contributed by atoms with Crippen molar-refractivity contribution in [2.75, 3.05) is 18.1 Å². The fourth-order valence-electron chi connectivity index (χ4n) is 1.82. The maximum atomic E-state index is 5.62. The SMILES string of the molecule is CC(CN)CSCC1Cc2ccccc2S1. The summed E-state index contributed by atoms with van der Waals surface area (Å²) in [6.07, 6.45) is 1.24. The van der Waals surface area contributed by atoms with Crippen LogP contribution < -0.4 is 5.73 Å². The highest BCUT2D eigenvalue weighted by Crippen LogP contribution is 2.38. The van der Waals surface area contributed by atoms with Crippen molar-refractivity contribution in [3.05, 3.63) is 29.8 Å². The van der Waals surface area contributed by atoms with Gasteiger partial charge in [-0.2, -0.15) is 11.8 Å². The van der Waals surface area contributed by atoms with Gasteiger partial charge >= 0.3 is 0 Å². The quantitative estimate of drug-likeness (QED) is 0.873. The number of hydrogen-bond acceptors (Lipinski definition) is 3. The van der Waals surface area contributed by atoms with Gasteiger partial charge in [0.15, 0.2) is 0 Å². The number of thioether (sulfide) groups is 2. The Balaban J connectivity index is 1.75. The molecule has 88 valence electrons. The lowest BCUT2D eigenvalue weighted by atomic mass is 10.1. The molecule has 0 spiro atoms. The van der Waals surface area contributed by atoms with E-state index >= 15 is 0 Å². The molecular formula is C13H19NS2. The normalized spacial score (nSPS) is 20.8. The van der Waals surface area contributed by atoms with E-state index in [1.165, 1.54) is 28.4 Å². The first-order chi connectivity index (χ1) is 7.79. The summed E-state index contributed by atoms with van der Waals surface area (Å²) in [4.78, 5) is 1.49. The van der Waals surface area contributed by atoms with Crippen molar-refractivity contribution in [1.29, 1.82) is 0 Å². The molecule has 1 aliphatic heterocycles. The summed E-state index contributed by atoms with van der Waals surface area (Å²) in [5.41, 5.74) is 7.15. The Morgan fingerprint density at radius 2 is 2.31 bits per heavy atom. The second-order valence-corrected chi connectivity index (χ2v) is 6.85. The predicted molar refractivity (Wildman–Crippen MR) is 75.3 cm³/mol. The zero-order valence-electron chi connectivity index (χ0n) is 9.69. The van der Waals surface area contributed by atoms with Gasteiger partial charge in [-0.1, -0.05) is 25.1 Å². The Labute approximate surface area is 107 Å². The van der Waals surface area contributed by atoms with Gasteiger partial charge < -0.3 is 5.73 Å². The fourth-order valence-corrected chi connectivity index (χ4v) is 4.51. The van der Waals surface area contributed by atoms with Crippen molar-refractivity contribution in [3.63, 3.8) is 0 Å². The van der Waals surface area contributed by atoms with Gasteiger partial charge in [0.25, 0.3) is 0 Å². The number of benzene rings is 1. The summed E-state index contributed by atoms with van der Waals surface area (Å²) >= 11 is 4.10. The molecule has 0 saturated carbocycles. The van der Waals surface area contributed by atoms with Gasteiger partial charge in [-0.25, -0.2) is 0 Å². The summed E-state index contributed by atoms with van der Waals surface area (Å²) in [5, 5.41) is 0.771. The number of nitrogens with two attached hydrogens (primary N) is 1. The molecular weight excluding hydrogens is 234 g/mol. The zero-order valence-corrected chi connectivity index (χ0v) is 11.3. The van der Waals surface area contributed by atoms with Gasteiger partial charge in [-0.3, -0.25) is 0 Å². The maximum absolute atomic E-state index is 5.62. The van der Waals surface area contributed by atoms with Crippen LogP contribution in [0.4, 0.5) is 0 Å². The molecule has 16 heavy (non-hydrogen) atoms. The molecule has 0 radical (unpaired) electrons. The highest BCUT2D eigenvalue weighted by Gasteiger charge is 2.21. The van der Waals surface area contributed by atoms with Gasteiger partial charge in [0.05, 0.1) is 0 Å². The van der Waals surface area contributed by atoms with Crippen molar-refractivity contribution >= 4 is 23.5 Å². The molecule has 3 heteroatoms. The van der Waals surface area contributed by atoms with Crippen LogP contribution in [0.3, 0.4) is 0 Å². The van der Waals surface area contributed by atoms with Gasteiger partial charge in [0.2, 0.25) is 0 Å². The molecule has 0 fully saturated rings. The minimum atomic E-state index is 0.652. The molecule has 0 saturated heterocycles. The van der Waals surface area contributed by atoms with Crippen LogP contribution in [-0.4, -0.2) is 23.3 Å². The van der Waals surface area contributed by atoms with Crippen LogP contribution >= 0.6 is 23.5 Å². The summed E-state index contributed by atoms with van der Waals surface area (Å²) < 4.78 is 0. The van der Waals surface area contributed by atoms with Crippen molar-refractivity contribution in [1.82, 2.24) is 0 Å². The Bertz CT molecular complexity index is 315. The first-order valence-electron chi connectivity index (χ1n) is 5.82. The summed E-state index contributed by atoms with van der Waals surface area (Å²) in [7, 11) is 0. The van der Waals surface area contributed by atoms with E-state index in [9.17, 15) is 0 Å². The van der Waals surface area contributed by atoms with Crippen molar-refractivity contribution in [3.8, 4) is 0 Å². The summed E-state index contributed by atoms with van der Waals surface area (Å²) in [5.74, 6) is 3.10. The standard InChI is InChI=1S/C13H19NS2/c1-10(7-14)8-15-9-12-6-11-4-2-3-5-13(11)16-12/h2-5,10,12H,6-9,14H2,1H3. The molecule has 0 aromatic heterocycles. The van der Waals surface area contributed by atoms with Gasteiger partial charge in [0, 0.05) is 15.9 Å². The third kappa shape index (κ3) is 3.19. The minimum absolute atomic E-state index is 0.652. The second kappa shape index (κ2) is 5.99. The molecule has 0 aliphatic carbocycles. The third-order valence-electron chi connectivity index (χ3n) is 2.82. The monoisotopic (exact) mass is 253 g/mol. The van der Waals surface area contributed by atoms with E-state index in [4.69, 9.17) is 5.73 Å². The predicted octanol–water partition coefficient (Wildman–Crippen LogP) is 3.03. The van der Waals surface area contributed by atoms with Gasteiger partial charge in [-0.05, 0) is 36.3 Å². The van der Waals surface area contributed by atoms with E-state index in [-0.39, 0.29) is 0 Å². The second-order valence-electron chi connectivity index (χ2n) is 4.43. The lowest BCUT2D eigenvalue weighted by Crippen LogP contribution is -2.14. The molecule has 1 heterocycles. The van der Waals surface area contributed by atoms with Crippen LogP contribution in [0.1, 0.15) is 12.5 Å². The minimum Gasteiger partial charge on any atom is -0.330 e. The van der Waals surface area contributed by atoms with E-state index in [1.807, 2.05) is 11.8 Å². The van der Waals surface area contributed by atoms with Crippen LogP contribution in [0.2, 0.25) is 0 Å². The van der Waals surface area contributed by atoms with Crippen LogP contribution in [0.5, 0.6) is 0 Å². The Morgan fingerprint density at radius 1 is 1.50 bits per heavy atom. The van der Waals surface area contributed by atoms with Crippen molar-refractivity contribution in [2.24, 2.45) is 11.7 Å². The smallest absolute Gasteiger partial charge is 0.0226 e. The molecule has 1 aliphatic rings. The topological polar surface area (TPSA) is 26.0 Å². The zero-order chi connectivity index (χ0) is 11.4. The molecule has 0 bridgehead atoms. The van der Waals surface area contributed by atoms with E-state index in [0.717, 1.165) is 11.8 Å². The average molecular weight is 253 g/mol. The third-order valence-corrected chi connectivity index (χ3v) is 5.79. The van der Waals surface area contributed by atoms with E-state index in [2.05, 4.69) is 43.0 Å². The van der Waals surface area contributed by atoms with Crippen LogP contribution in [0.15, 0.2) is 29.2 Å². The number of fused-ring (bicyclic) bond motifs is 1. The summed E-state index contributed by atoms with van der Waals surface area (Å²) in [6, 6.07) is 8.78. The molecule has 2 atom stereocenters. The molecule has 1 aromatic rings. The Hall–Kier alpha value is -0.120. The van der Waals surface area contributed by atoms with Crippen molar-refractivity contribution in [2.45, 2.75) is 23.5 Å². The molecule has 1 nitrogen and oxygen atoms in total. The van der Waals surface area contributed by atoms with Crippen molar-refractivity contribution < 1.29 is 0 Å². The molecule has 2 rings (SSSR count). The lowest BCUT2D eigenvalue weighted by molar-refractivity contribution is 0.675. The molecule has 2 N–H and O–H groups in total. The molecule has 1 aromatic carbocycles.